The molecule has 0 fully saturated rings. The van der Waals surface area contributed by atoms with Crippen molar-refractivity contribution in [3.8, 4) is 0 Å². The number of hydrogen-bond acceptors (Lipinski definition) is 7. The van der Waals surface area contributed by atoms with Gasteiger partial charge in [0.1, 0.15) is 30.3 Å². The molecule has 2 aromatic heterocycles. The first-order valence-electron chi connectivity index (χ1n) is 14.0. The lowest BCUT2D eigenvalue weighted by atomic mass is 9.86. The van der Waals surface area contributed by atoms with E-state index in [1.54, 1.807) is 31.4 Å². The first-order valence-corrected chi connectivity index (χ1v) is 18.1. The van der Waals surface area contributed by atoms with Gasteiger partial charge in [0.15, 0.2) is 5.54 Å². The van der Waals surface area contributed by atoms with Crippen molar-refractivity contribution in [2.24, 2.45) is 0 Å². The summed E-state index contributed by atoms with van der Waals surface area (Å²) in [5.41, 5.74) is -1.77. The van der Waals surface area contributed by atoms with E-state index in [4.69, 9.17) is 21.1 Å². The Hall–Kier alpha value is -3.81. The zero-order valence-electron chi connectivity index (χ0n) is 25.5. The highest BCUT2D eigenvalue weighted by Gasteiger charge is 2.55. The Bertz CT molecular complexity index is 1630. The fraction of sp³-hybridized carbons (Fsp3) is 0.433. The van der Waals surface area contributed by atoms with Gasteiger partial charge in [-0.25, -0.2) is 19.0 Å². The monoisotopic (exact) mass is 646 g/mol. The smallest absolute Gasteiger partial charge is 0.413 e. The average Bonchev–Trinajstić information content (AvgIpc) is 3.34. The number of carboxylic acids is 1. The van der Waals surface area contributed by atoms with Crippen molar-refractivity contribution in [1.82, 2.24) is 14.5 Å². The number of carbonyl (C=O) groups excluding carboxylic acids is 3. The third-order valence-corrected chi connectivity index (χ3v) is 9.15. The summed E-state index contributed by atoms with van der Waals surface area (Å²) in [6.45, 7) is 12.0. The minimum Gasteiger partial charge on any atom is -0.479 e. The van der Waals surface area contributed by atoms with Crippen molar-refractivity contribution >= 4 is 60.8 Å². The summed E-state index contributed by atoms with van der Waals surface area (Å²) in [5.74, 6) is -2.78. The third kappa shape index (κ3) is 6.79. The summed E-state index contributed by atoms with van der Waals surface area (Å²) in [4.78, 5) is 56.2. The van der Waals surface area contributed by atoms with Gasteiger partial charge < -0.3 is 28.8 Å². The van der Waals surface area contributed by atoms with Gasteiger partial charge >= 0.3 is 12.1 Å². The second-order valence-electron chi connectivity index (χ2n) is 12.9. The maximum Gasteiger partial charge on any atom is 0.413 e. The molecule has 1 aliphatic rings. The number of pyridine rings is 1. The lowest BCUT2D eigenvalue weighted by Gasteiger charge is -2.34. The number of carboxylic acid groups (broad SMARTS) is 1. The molecule has 14 heteroatoms. The van der Waals surface area contributed by atoms with E-state index in [0.29, 0.717) is 29.6 Å². The summed E-state index contributed by atoms with van der Waals surface area (Å²) < 4.78 is 27.2. The normalized spacial score (nSPS) is 16.7. The van der Waals surface area contributed by atoms with Crippen LogP contribution in [0, 0.1) is 5.82 Å². The SMILES string of the molecule is CC(C)(C)OC(=O)Nc1cc(Cl)c2c(cc(CN3C(=O)c4cc(F)ccc4[C@@]3(CC=O)C(=O)O)n2COCC[Si](C)(C)C)n1. The van der Waals surface area contributed by atoms with Gasteiger partial charge in [-0.2, -0.15) is 0 Å². The van der Waals surface area contributed by atoms with Gasteiger partial charge in [-0.1, -0.05) is 37.3 Å². The van der Waals surface area contributed by atoms with Crippen LogP contribution in [-0.4, -0.2) is 64.1 Å². The Morgan fingerprint density at radius 1 is 1.20 bits per heavy atom. The van der Waals surface area contributed by atoms with Crippen molar-refractivity contribution in [3.63, 3.8) is 0 Å². The van der Waals surface area contributed by atoms with E-state index in [9.17, 15) is 28.7 Å². The van der Waals surface area contributed by atoms with E-state index in [2.05, 4.69) is 29.9 Å². The van der Waals surface area contributed by atoms with Crippen LogP contribution in [0.5, 0.6) is 0 Å². The molecular weight excluding hydrogens is 611 g/mol. The molecule has 0 unspecified atom stereocenters. The first kappa shape index (κ1) is 33.1. The lowest BCUT2D eigenvalue weighted by molar-refractivity contribution is -0.152. The Morgan fingerprint density at radius 3 is 2.52 bits per heavy atom. The van der Waals surface area contributed by atoms with Gasteiger partial charge in [0.2, 0.25) is 0 Å². The molecule has 236 valence electrons. The lowest BCUT2D eigenvalue weighted by Crippen LogP contribution is -2.50. The topological polar surface area (TPSA) is 140 Å². The molecule has 3 aromatic rings. The van der Waals surface area contributed by atoms with Crippen LogP contribution in [0.15, 0.2) is 30.3 Å². The molecule has 2 amide bonds. The molecule has 3 heterocycles. The van der Waals surface area contributed by atoms with Crippen LogP contribution >= 0.6 is 11.6 Å². The number of halogens is 2. The van der Waals surface area contributed by atoms with Gasteiger partial charge in [0, 0.05) is 44.0 Å². The third-order valence-electron chi connectivity index (χ3n) is 7.16. The second-order valence-corrected chi connectivity index (χ2v) is 18.9. The number of amides is 2. The van der Waals surface area contributed by atoms with E-state index in [-0.39, 0.29) is 35.2 Å². The molecular formula is C30H36ClFN4O7Si. The second kappa shape index (κ2) is 12.3. The van der Waals surface area contributed by atoms with E-state index in [0.717, 1.165) is 23.1 Å². The Morgan fingerprint density at radius 2 is 1.91 bits per heavy atom. The minimum absolute atomic E-state index is 0.000906. The molecule has 1 atom stereocenters. The van der Waals surface area contributed by atoms with Crippen molar-refractivity contribution < 1.29 is 38.1 Å². The maximum absolute atomic E-state index is 14.2. The Balaban J connectivity index is 1.80. The largest absolute Gasteiger partial charge is 0.479 e. The molecule has 4 rings (SSSR count). The zero-order valence-corrected chi connectivity index (χ0v) is 27.2. The standard InChI is InChI=1S/C30H36ClFN4O7Si/c1-29(2,3)43-28(41)34-24-15-22(31)25-23(33-24)14-19(35(25)17-42-11-12-44(4,5)6)16-36-26(38)20-13-18(32)7-8-21(20)30(36,9-10-37)27(39)40/h7-8,10,13-15H,9,11-12,16-17H2,1-6H3,(H,39,40)(H,33,34,41)/t30-/m0/s1. The molecule has 0 bridgehead atoms. The number of aromatic nitrogens is 2. The van der Waals surface area contributed by atoms with Gasteiger partial charge in [-0.3, -0.25) is 10.1 Å². The molecule has 44 heavy (non-hydrogen) atoms. The van der Waals surface area contributed by atoms with Crippen LogP contribution in [0.3, 0.4) is 0 Å². The van der Waals surface area contributed by atoms with E-state index >= 15 is 0 Å². The predicted octanol–water partition coefficient (Wildman–Crippen LogP) is 6.01. The quantitative estimate of drug-likeness (QED) is 0.147. The fourth-order valence-corrected chi connectivity index (χ4v) is 6.16. The Labute approximate surface area is 260 Å². The first-order chi connectivity index (χ1) is 20.5. The van der Waals surface area contributed by atoms with Crippen molar-refractivity contribution in [1.29, 1.82) is 0 Å². The summed E-state index contributed by atoms with van der Waals surface area (Å²) >= 11 is 6.71. The van der Waals surface area contributed by atoms with Crippen molar-refractivity contribution in [2.75, 3.05) is 11.9 Å². The number of aliphatic carboxylic acids is 1. The zero-order chi connectivity index (χ0) is 32.6. The minimum atomic E-state index is -2.07. The van der Waals surface area contributed by atoms with Gasteiger partial charge in [-0.05, 0) is 45.0 Å². The van der Waals surface area contributed by atoms with Crippen LogP contribution in [0.1, 0.15) is 48.8 Å². The van der Waals surface area contributed by atoms with Gasteiger partial charge in [0.25, 0.3) is 5.91 Å². The number of carbonyl (C=O) groups is 4. The number of nitrogens with one attached hydrogen (secondary N) is 1. The highest BCUT2D eigenvalue weighted by molar-refractivity contribution is 6.76. The molecule has 0 saturated heterocycles. The van der Waals surface area contributed by atoms with Crippen LogP contribution in [-0.2, 0) is 37.9 Å². The number of fused-ring (bicyclic) bond motifs is 2. The van der Waals surface area contributed by atoms with Gasteiger partial charge in [0.05, 0.1) is 22.6 Å². The van der Waals surface area contributed by atoms with E-state index < -0.39 is 49.4 Å². The van der Waals surface area contributed by atoms with E-state index in [1.807, 2.05) is 0 Å². The molecule has 11 nitrogen and oxygen atoms in total. The number of hydrogen-bond donors (Lipinski definition) is 2. The summed E-state index contributed by atoms with van der Waals surface area (Å²) in [6, 6.07) is 7.19. The number of ether oxygens (including phenoxy) is 2. The number of nitrogens with zero attached hydrogens (tertiary/aromatic N) is 3. The maximum atomic E-state index is 14.2. The number of anilines is 1. The highest BCUT2D eigenvalue weighted by Crippen LogP contribution is 2.43. The summed E-state index contributed by atoms with van der Waals surface area (Å²) in [7, 11) is -1.42. The molecule has 0 saturated carbocycles. The van der Waals surface area contributed by atoms with Crippen LogP contribution < -0.4 is 5.32 Å². The molecule has 1 aliphatic heterocycles. The number of benzene rings is 1. The molecule has 0 radical (unpaired) electrons. The van der Waals surface area contributed by atoms with Crippen LogP contribution in [0.25, 0.3) is 11.0 Å². The van der Waals surface area contributed by atoms with Crippen molar-refractivity contribution in [2.45, 2.75) is 77.3 Å². The highest BCUT2D eigenvalue weighted by atomic mass is 35.5. The molecule has 1 aromatic carbocycles. The molecule has 0 spiro atoms. The summed E-state index contributed by atoms with van der Waals surface area (Å²) in [5, 5.41) is 13.2. The number of aldehydes is 1. The van der Waals surface area contributed by atoms with Gasteiger partial charge in [-0.15, -0.1) is 0 Å². The van der Waals surface area contributed by atoms with Crippen molar-refractivity contribution in [3.05, 3.63) is 58.0 Å². The van der Waals surface area contributed by atoms with Crippen LogP contribution in [0.2, 0.25) is 30.7 Å². The Kier molecular flexibility index (Phi) is 9.24. The number of rotatable bonds is 11. The predicted molar refractivity (Wildman–Crippen MR) is 165 cm³/mol. The summed E-state index contributed by atoms with van der Waals surface area (Å²) in [6.07, 6.45) is -0.861. The fourth-order valence-electron chi connectivity index (χ4n) is 5.10. The molecule has 2 N–H and O–H groups in total. The average molecular weight is 647 g/mol. The van der Waals surface area contributed by atoms with Crippen LogP contribution in [0.4, 0.5) is 15.0 Å². The molecule has 0 aliphatic carbocycles. The van der Waals surface area contributed by atoms with E-state index in [1.165, 1.54) is 12.1 Å².